The van der Waals surface area contributed by atoms with Gasteiger partial charge in [-0.15, -0.1) is 10.2 Å². The van der Waals surface area contributed by atoms with E-state index in [0.29, 0.717) is 28.7 Å². The molecule has 3 aromatic heterocycles. The Hall–Kier alpha value is -3.11. The fourth-order valence-electron chi connectivity index (χ4n) is 3.42. The summed E-state index contributed by atoms with van der Waals surface area (Å²) >= 11 is 1.54. The van der Waals surface area contributed by atoms with Gasteiger partial charge in [0.1, 0.15) is 11.9 Å². The van der Waals surface area contributed by atoms with Gasteiger partial charge in [-0.3, -0.25) is 4.57 Å². The fraction of sp³-hybridized carbons (Fsp3) is 0.190. The Morgan fingerprint density at radius 3 is 2.75 bits per heavy atom. The average Bonchev–Trinajstić information content (AvgIpc) is 3.36. The molecule has 1 aliphatic carbocycles. The van der Waals surface area contributed by atoms with Crippen molar-refractivity contribution in [2.24, 2.45) is 0 Å². The Bertz CT molecular complexity index is 1220. The van der Waals surface area contributed by atoms with E-state index in [1.807, 2.05) is 45.6 Å². The minimum absolute atomic E-state index is 0.293. The zero-order valence-electron chi connectivity index (χ0n) is 14.9. The third kappa shape index (κ3) is 2.86. The van der Waals surface area contributed by atoms with Gasteiger partial charge in [-0.05, 0) is 42.7 Å². The Morgan fingerprint density at radius 1 is 1.14 bits per heavy atom. The van der Waals surface area contributed by atoms with Crippen LogP contribution in [0.5, 0.6) is 0 Å². The highest BCUT2D eigenvalue weighted by Crippen LogP contribution is 2.42. The summed E-state index contributed by atoms with van der Waals surface area (Å²) in [5.74, 6) is 0.886. The largest absolute Gasteiger partial charge is 0.322 e. The maximum absolute atomic E-state index is 14.3. The van der Waals surface area contributed by atoms with Gasteiger partial charge in [-0.1, -0.05) is 30.0 Å². The van der Waals surface area contributed by atoms with Crippen molar-refractivity contribution in [1.29, 1.82) is 5.26 Å². The minimum atomic E-state index is -0.293. The molecule has 0 spiro atoms. The van der Waals surface area contributed by atoms with Gasteiger partial charge < -0.3 is 4.40 Å². The van der Waals surface area contributed by atoms with Crippen LogP contribution in [-0.2, 0) is 5.75 Å². The average molecular weight is 389 g/mol. The topological polar surface area (TPSA) is 58.9 Å². The molecule has 0 bridgehead atoms. The lowest BCUT2D eigenvalue weighted by atomic mass is 10.2. The fourth-order valence-corrected chi connectivity index (χ4v) is 4.40. The number of thioether (sulfide) groups is 1. The maximum Gasteiger partial charge on any atom is 0.192 e. The molecule has 5 nitrogen and oxygen atoms in total. The second-order valence-electron chi connectivity index (χ2n) is 6.81. The van der Waals surface area contributed by atoms with Crippen LogP contribution in [0.1, 0.15) is 30.0 Å². The van der Waals surface area contributed by atoms with E-state index in [0.717, 1.165) is 29.1 Å². The van der Waals surface area contributed by atoms with E-state index in [-0.39, 0.29) is 5.82 Å². The normalized spacial score (nSPS) is 13.7. The van der Waals surface area contributed by atoms with Crippen molar-refractivity contribution in [3.8, 4) is 17.5 Å². The van der Waals surface area contributed by atoms with Crippen molar-refractivity contribution >= 4 is 17.3 Å². The van der Waals surface area contributed by atoms with Crippen LogP contribution >= 0.6 is 11.8 Å². The molecular weight excluding hydrogens is 373 g/mol. The molecule has 1 aromatic carbocycles. The molecule has 28 heavy (non-hydrogen) atoms. The third-order valence-electron chi connectivity index (χ3n) is 4.92. The molecule has 138 valence electrons. The highest BCUT2D eigenvalue weighted by Gasteiger charge is 2.31. The molecule has 5 rings (SSSR count). The van der Waals surface area contributed by atoms with Crippen molar-refractivity contribution in [3.63, 3.8) is 0 Å². The molecule has 1 aliphatic rings. The summed E-state index contributed by atoms with van der Waals surface area (Å²) < 4.78 is 18.3. The van der Waals surface area contributed by atoms with Crippen LogP contribution in [0.3, 0.4) is 0 Å². The number of nitrogens with zero attached hydrogens (tertiary/aromatic N) is 5. The number of benzene rings is 1. The lowest BCUT2D eigenvalue weighted by molar-refractivity contribution is 0.622. The molecule has 7 heteroatoms. The lowest BCUT2D eigenvalue weighted by Crippen LogP contribution is -2.01. The van der Waals surface area contributed by atoms with E-state index in [2.05, 4.69) is 16.3 Å². The standard InChI is InChI=1S/C21H16FN5S/c22-18-6-2-1-5-16(18)20-24-25-21(27(20)15-8-9-15)28-13-14-12-26-10-4-3-7-19(26)17(14)11-23/h1-7,10,12,15H,8-9,13H2. The molecule has 0 N–H and O–H groups in total. The minimum Gasteiger partial charge on any atom is -0.322 e. The van der Waals surface area contributed by atoms with Gasteiger partial charge in [-0.25, -0.2) is 4.39 Å². The van der Waals surface area contributed by atoms with Crippen LogP contribution in [0.15, 0.2) is 60.0 Å². The summed E-state index contributed by atoms with van der Waals surface area (Å²) in [5, 5.41) is 19.0. The number of hydrogen-bond donors (Lipinski definition) is 0. The van der Waals surface area contributed by atoms with Gasteiger partial charge in [0.2, 0.25) is 0 Å². The first-order chi connectivity index (χ1) is 13.8. The molecule has 0 radical (unpaired) electrons. The summed E-state index contributed by atoms with van der Waals surface area (Å²) in [6.07, 6.45) is 6.02. The monoisotopic (exact) mass is 389 g/mol. The molecule has 0 unspecified atom stereocenters. The van der Waals surface area contributed by atoms with E-state index in [4.69, 9.17) is 0 Å². The first-order valence-corrected chi connectivity index (χ1v) is 10.1. The van der Waals surface area contributed by atoms with Crippen LogP contribution in [0.25, 0.3) is 16.9 Å². The van der Waals surface area contributed by atoms with Crippen molar-refractivity contribution in [3.05, 3.63) is 71.8 Å². The maximum atomic E-state index is 14.3. The van der Waals surface area contributed by atoms with Gasteiger partial charge in [0.05, 0.1) is 16.6 Å². The predicted octanol–water partition coefficient (Wildman–Crippen LogP) is 4.84. The Labute approximate surface area is 165 Å². The molecule has 0 aliphatic heterocycles. The molecule has 1 fully saturated rings. The molecule has 0 atom stereocenters. The Morgan fingerprint density at radius 2 is 1.96 bits per heavy atom. The number of halogens is 1. The van der Waals surface area contributed by atoms with E-state index in [1.165, 1.54) is 17.8 Å². The van der Waals surface area contributed by atoms with Crippen molar-refractivity contribution < 1.29 is 4.39 Å². The van der Waals surface area contributed by atoms with E-state index < -0.39 is 0 Å². The zero-order chi connectivity index (χ0) is 19.1. The molecule has 4 aromatic rings. The number of pyridine rings is 1. The molecule has 1 saturated carbocycles. The number of rotatable bonds is 5. The lowest BCUT2D eigenvalue weighted by Gasteiger charge is -2.09. The molecule has 3 heterocycles. The van der Waals surface area contributed by atoms with E-state index >= 15 is 0 Å². The van der Waals surface area contributed by atoms with E-state index in [9.17, 15) is 9.65 Å². The van der Waals surface area contributed by atoms with Gasteiger partial charge in [0.15, 0.2) is 11.0 Å². The zero-order valence-corrected chi connectivity index (χ0v) is 15.7. The van der Waals surface area contributed by atoms with Crippen LogP contribution in [0, 0.1) is 17.1 Å². The van der Waals surface area contributed by atoms with Crippen LogP contribution in [-0.4, -0.2) is 19.2 Å². The Kier molecular flexibility index (Phi) is 4.14. The third-order valence-corrected chi connectivity index (χ3v) is 5.91. The van der Waals surface area contributed by atoms with E-state index in [1.54, 1.807) is 12.1 Å². The molecule has 0 amide bonds. The van der Waals surface area contributed by atoms with Gasteiger partial charge in [0.25, 0.3) is 0 Å². The highest BCUT2D eigenvalue weighted by molar-refractivity contribution is 7.98. The van der Waals surface area contributed by atoms with Gasteiger partial charge >= 0.3 is 0 Å². The first kappa shape index (κ1) is 17.0. The summed E-state index contributed by atoms with van der Waals surface area (Å²) in [4.78, 5) is 0. The molecule has 0 saturated heterocycles. The highest BCUT2D eigenvalue weighted by atomic mass is 32.2. The summed E-state index contributed by atoms with van der Waals surface area (Å²) in [7, 11) is 0. The summed E-state index contributed by atoms with van der Waals surface area (Å²) in [5.41, 5.74) is 3.01. The number of nitriles is 1. The smallest absolute Gasteiger partial charge is 0.192 e. The quantitative estimate of drug-likeness (QED) is 0.459. The SMILES string of the molecule is N#Cc1c(CSc2nnc(-c3ccccc3F)n2C2CC2)cn2ccccc12. The Balaban J connectivity index is 1.49. The van der Waals surface area contributed by atoms with Crippen LogP contribution < -0.4 is 0 Å². The molecular formula is C21H16FN5S. The second-order valence-corrected chi connectivity index (χ2v) is 7.75. The van der Waals surface area contributed by atoms with Crippen molar-refractivity contribution in [2.45, 2.75) is 29.8 Å². The van der Waals surface area contributed by atoms with Gasteiger partial charge in [0, 0.05) is 24.2 Å². The summed E-state index contributed by atoms with van der Waals surface area (Å²) in [6.45, 7) is 0. The van der Waals surface area contributed by atoms with Crippen LogP contribution in [0.4, 0.5) is 4.39 Å². The van der Waals surface area contributed by atoms with Crippen LogP contribution in [0.2, 0.25) is 0 Å². The van der Waals surface area contributed by atoms with Crippen molar-refractivity contribution in [2.75, 3.05) is 0 Å². The summed E-state index contributed by atoms with van der Waals surface area (Å²) in [6, 6.07) is 15.1. The van der Waals surface area contributed by atoms with Crippen molar-refractivity contribution in [1.82, 2.24) is 19.2 Å². The van der Waals surface area contributed by atoms with Gasteiger partial charge in [-0.2, -0.15) is 5.26 Å². The number of hydrogen-bond acceptors (Lipinski definition) is 4. The predicted molar refractivity (Wildman–Crippen MR) is 105 cm³/mol. The second kappa shape index (κ2) is 6.80. The number of aromatic nitrogens is 4. The number of fused-ring (bicyclic) bond motifs is 1. The first-order valence-electron chi connectivity index (χ1n) is 9.07.